The molecule has 8 nitrogen and oxygen atoms in total. The summed E-state index contributed by atoms with van der Waals surface area (Å²) in [4.78, 5) is 35.9. The van der Waals surface area contributed by atoms with Crippen molar-refractivity contribution >= 4 is 18.2 Å². The Hall–Kier alpha value is -6.20. The van der Waals surface area contributed by atoms with E-state index in [1.165, 1.54) is 30.3 Å². The second-order valence-electron chi connectivity index (χ2n) is 10.5. The van der Waals surface area contributed by atoms with Crippen LogP contribution in [0.1, 0.15) is 55.9 Å². The molecular weight excluding hydrogens is 594 g/mol. The van der Waals surface area contributed by atoms with Crippen molar-refractivity contribution in [3.63, 3.8) is 0 Å². The van der Waals surface area contributed by atoms with Crippen LogP contribution in [-0.2, 0) is 0 Å². The number of hydrogen-bond donors (Lipinski definition) is 0. The summed E-state index contributed by atoms with van der Waals surface area (Å²) in [5.74, 6) is 0.736. The third-order valence-electron chi connectivity index (χ3n) is 7.13. The van der Waals surface area contributed by atoms with Crippen LogP contribution in [0.15, 0.2) is 121 Å². The van der Waals surface area contributed by atoms with Crippen molar-refractivity contribution < 1.29 is 33.3 Å². The van der Waals surface area contributed by atoms with E-state index in [0.29, 0.717) is 41.9 Å². The van der Waals surface area contributed by atoms with Gasteiger partial charge in [-0.2, -0.15) is 5.26 Å². The summed E-state index contributed by atoms with van der Waals surface area (Å²) in [6, 6.07) is 36.5. The van der Waals surface area contributed by atoms with E-state index in [1.807, 2.05) is 48.5 Å². The van der Waals surface area contributed by atoms with Crippen LogP contribution in [0.2, 0.25) is 0 Å². The number of ether oxygens (including phenoxy) is 4. The van der Waals surface area contributed by atoms with Crippen LogP contribution in [0, 0.1) is 11.3 Å². The van der Waals surface area contributed by atoms with Gasteiger partial charge in [0.25, 0.3) is 0 Å². The van der Waals surface area contributed by atoms with Crippen molar-refractivity contribution in [2.45, 2.75) is 19.3 Å². The average Bonchev–Trinajstić information content (AvgIpc) is 3.12. The minimum Gasteiger partial charge on any atom is -0.494 e. The highest BCUT2D eigenvalue weighted by Gasteiger charge is 2.12. The maximum Gasteiger partial charge on any atom is 0.343 e. The average molecular weight is 626 g/mol. The van der Waals surface area contributed by atoms with E-state index in [4.69, 9.17) is 24.2 Å². The lowest BCUT2D eigenvalue weighted by Crippen LogP contribution is -2.10. The number of benzene rings is 5. The molecule has 0 aliphatic rings. The normalized spacial score (nSPS) is 10.4. The minimum atomic E-state index is -0.599. The Morgan fingerprint density at radius 2 is 1.04 bits per heavy atom. The maximum absolute atomic E-state index is 12.7. The zero-order chi connectivity index (χ0) is 32.8. The third-order valence-corrected chi connectivity index (χ3v) is 7.13. The summed E-state index contributed by atoms with van der Waals surface area (Å²) in [6.45, 7) is 1.14. The summed E-state index contributed by atoms with van der Waals surface area (Å²) >= 11 is 0. The molecule has 0 saturated heterocycles. The van der Waals surface area contributed by atoms with Gasteiger partial charge in [0.05, 0.1) is 36.0 Å². The Kier molecular flexibility index (Phi) is 11.1. The summed E-state index contributed by atoms with van der Waals surface area (Å²) in [5.41, 5.74) is 3.84. The number of nitriles is 1. The predicted molar refractivity (Wildman–Crippen MR) is 176 cm³/mol. The van der Waals surface area contributed by atoms with Gasteiger partial charge in [0.1, 0.15) is 29.3 Å². The lowest BCUT2D eigenvalue weighted by Gasteiger charge is -2.09. The molecule has 0 spiro atoms. The van der Waals surface area contributed by atoms with Gasteiger partial charge in [-0.25, -0.2) is 9.59 Å². The monoisotopic (exact) mass is 625 g/mol. The molecule has 234 valence electrons. The first-order chi connectivity index (χ1) is 23.0. The highest BCUT2D eigenvalue weighted by atomic mass is 16.5. The number of aldehydes is 1. The molecule has 47 heavy (non-hydrogen) atoms. The Morgan fingerprint density at radius 1 is 0.574 bits per heavy atom. The fourth-order valence-corrected chi connectivity index (χ4v) is 4.56. The fraction of sp³-hybridized carbons (Fsp3) is 0.128. The number of esters is 2. The number of rotatable bonds is 14. The molecule has 5 rings (SSSR count). The molecule has 0 fully saturated rings. The van der Waals surface area contributed by atoms with Crippen molar-refractivity contribution in [3.05, 3.63) is 144 Å². The van der Waals surface area contributed by atoms with Gasteiger partial charge in [0.2, 0.25) is 0 Å². The van der Waals surface area contributed by atoms with Crippen molar-refractivity contribution in [2.75, 3.05) is 13.2 Å². The first kappa shape index (κ1) is 32.2. The third kappa shape index (κ3) is 9.40. The molecule has 0 N–H and O–H groups in total. The van der Waals surface area contributed by atoms with Crippen LogP contribution in [-0.4, -0.2) is 31.4 Å². The molecule has 0 amide bonds. The van der Waals surface area contributed by atoms with Gasteiger partial charge in [-0.15, -0.1) is 0 Å². The molecule has 5 aromatic carbocycles. The predicted octanol–water partition coefficient (Wildman–Crippen LogP) is 8.10. The van der Waals surface area contributed by atoms with Crippen molar-refractivity contribution in [2.24, 2.45) is 0 Å². The van der Waals surface area contributed by atoms with Crippen LogP contribution in [0.25, 0.3) is 11.1 Å². The van der Waals surface area contributed by atoms with Gasteiger partial charge in [-0.1, -0.05) is 42.5 Å². The number of carbonyl (C=O) groups is 3. The molecule has 0 aliphatic carbocycles. The molecule has 0 saturated carbocycles. The zero-order valence-corrected chi connectivity index (χ0v) is 25.5. The summed E-state index contributed by atoms with van der Waals surface area (Å²) < 4.78 is 22.5. The van der Waals surface area contributed by atoms with Crippen molar-refractivity contribution in [1.82, 2.24) is 0 Å². The van der Waals surface area contributed by atoms with E-state index in [1.54, 1.807) is 42.5 Å². The molecule has 8 heteroatoms. The van der Waals surface area contributed by atoms with Crippen LogP contribution in [0.4, 0.5) is 0 Å². The van der Waals surface area contributed by atoms with Gasteiger partial charge in [0, 0.05) is 11.6 Å². The molecule has 0 radical (unpaired) electrons. The Morgan fingerprint density at radius 3 is 1.53 bits per heavy atom. The van der Waals surface area contributed by atoms with E-state index >= 15 is 0 Å². The van der Waals surface area contributed by atoms with E-state index < -0.39 is 11.9 Å². The Balaban J connectivity index is 0.990. The Labute approximate surface area is 272 Å². The molecule has 0 unspecified atom stereocenters. The van der Waals surface area contributed by atoms with Crippen LogP contribution < -0.4 is 18.9 Å². The maximum atomic E-state index is 12.7. The van der Waals surface area contributed by atoms with Crippen LogP contribution in [0.5, 0.6) is 23.0 Å². The fourth-order valence-electron chi connectivity index (χ4n) is 4.56. The zero-order valence-electron chi connectivity index (χ0n) is 25.5. The Bertz CT molecular complexity index is 1840. The standard InChI is InChI=1S/C39H31NO7/c40-26-28-7-11-30(12-8-28)31-15-19-34(20-16-31)44-23-2-1-3-24-45-35-21-17-33(18-22-35)39(43)47-37-6-4-5-36(25-37)46-38(42)32-13-9-29(27-41)10-14-32/h4-22,25,27H,1-3,23-24H2. The minimum absolute atomic E-state index is 0.213. The van der Waals surface area contributed by atoms with Crippen LogP contribution >= 0.6 is 0 Å². The summed E-state index contributed by atoms with van der Waals surface area (Å²) in [7, 11) is 0. The number of nitrogens with zero attached hydrogens (tertiary/aromatic N) is 1. The van der Waals surface area contributed by atoms with E-state index in [0.717, 1.165) is 36.1 Å². The van der Waals surface area contributed by atoms with E-state index in [9.17, 15) is 14.4 Å². The van der Waals surface area contributed by atoms with Crippen molar-refractivity contribution in [3.8, 4) is 40.2 Å². The number of unbranched alkanes of at least 4 members (excludes halogenated alkanes) is 2. The molecule has 0 aliphatic heterocycles. The summed E-state index contributed by atoms with van der Waals surface area (Å²) in [6.07, 6.45) is 3.38. The lowest BCUT2D eigenvalue weighted by molar-refractivity contribution is 0.0732. The van der Waals surface area contributed by atoms with E-state index in [2.05, 4.69) is 6.07 Å². The summed E-state index contributed by atoms with van der Waals surface area (Å²) in [5, 5.41) is 8.95. The first-order valence-electron chi connectivity index (χ1n) is 15.1. The van der Waals surface area contributed by atoms with Crippen LogP contribution in [0.3, 0.4) is 0 Å². The second kappa shape index (κ2) is 16.2. The highest BCUT2D eigenvalue weighted by molar-refractivity contribution is 5.92. The molecule has 0 heterocycles. The van der Waals surface area contributed by atoms with Gasteiger partial charge in [-0.3, -0.25) is 4.79 Å². The van der Waals surface area contributed by atoms with Gasteiger partial charge >= 0.3 is 11.9 Å². The van der Waals surface area contributed by atoms with Gasteiger partial charge < -0.3 is 18.9 Å². The highest BCUT2D eigenvalue weighted by Crippen LogP contribution is 2.24. The van der Waals surface area contributed by atoms with E-state index in [-0.39, 0.29) is 17.1 Å². The molecule has 0 atom stereocenters. The smallest absolute Gasteiger partial charge is 0.343 e. The number of hydrogen-bond acceptors (Lipinski definition) is 8. The SMILES string of the molecule is N#Cc1ccc(-c2ccc(OCCCCCOc3ccc(C(=O)Oc4cccc(OC(=O)c5ccc(C=O)cc5)c4)cc3)cc2)cc1. The molecule has 0 aromatic heterocycles. The lowest BCUT2D eigenvalue weighted by atomic mass is 10.0. The quantitative estimate of drug-likeness (QED) is 0.0527. The van der Waals surface area contributed by atoms with Crippen molar-refractivity contribution in [1.29, 1.82) is 5.26 Å². The second-order valence-corrected chi connectivity index (χ2v) is 10.5. The molecule has 5 aromatic rings. The largest absolute Gasteiger partial charge is 0.494 e. The molecular formula is C39H31NO7. The first-order valence-corrected chi connectivity index (χ1v) is 15.1. The molecule has 0 bridgehead atoms. The van der Waals surface area contributed by atoms with Gasteiger partial charge in [-0.05, 0) is 103 Å². The topological polar surface area (TPSA) is 112 Å². The van der Waals surface area contributed by atoms with Gasteiger partial charge in [0.15, 0.2) is 0 Å². The number of carbonyl (C=O) groups excluding carboxylic acids is 3.